The fraction of sp³-hybridized carbons (Fsp3) is 0.455. The third-order valence-corrected chi connectivity index (χ3v) is 3.45. The Hall–Kier alpha value is -1.96. The van der Waals surface area contributed by atoms with Crippen LogP contribution >= 0.6 is 11.3 Å². The molecule has 0 aliphatic rings. The van der Waals surface area contributed by atoms with E-state index in [0.717, 1.165) is 0 Å². The van der Waals surface area contributed by atoms with Crippen molar-refractivity contribution in [1.29, 1.82) is 0 Å². The number of carboxylic acid groups (broad SMARTS) is 1. The lowest BCUT2D eigenvalue weighted by Crippen LogP contribution is -2.28. The summed E-state index contributed by atoms with van der Waals surface area (Å²) >= 11 is 1.35. The molecule has 2 aromatic heterocycles. The Balaban J connectivity index is 2.03. The number of aryl methyl sites for hydroxylation is 1. The van der Waals surface area contributed by atoms with Crippen LogP contribution in [0.15, 0.2) is 9.90 Å². The number of hydrogen-bond donors (Lipinski definition) is 2. The Morgan fingerprint density at radius 3 is 2.84 bits per heavy atom. The third kappa shape index (κ3) is 2.90. The van der Waals surface area contributed by atoms with Gasteiger partial charge in [-0.25, -0.2) is 4.98 Å². The number of nitrogens with zero attached hydrogens (tertiary/aromatic N) is 3. The molecule has 2 heterocycles. The van der Waals surface area contributed by atoms with Gasteiger partial charge in [-0.05, 0) is 13.8 Å². The van der Waals surface area contributed by atoms with Gasteiger partial charge in [-0.2, -0.15) is 4.98 Å². The monoisotopic (exact) mass is 282 g/mol. The number of rotatable bonds is 5. The second-order valence-corrected chi connectivity index (χ2v) is 5.41. The lowest BCUT2D eigenvalue weighted by atomic mass is 9.90. The van der Waals surface area contributed by atoms with Crippen LogP contribution in [-0.4, -0.2) is 26.2 Å². The summed E-state index contributed by atoms with van der Waals surface area (Å²) in [6, 6.07) is 0. The van der Waals surface area contributed by atoms with Crippen LogP contribution in [0.2, 0.25) is 0 Å². The van der Waals surface area contributed by atoms with Gasteiger partial charge in [-0.15, -0.1) is 11.3 Å². The molecular formula is C11H14N4O3S. The molecule has 102 valence electrons. The maximum Gasteiger partial charge on any atom is 0.315 e. The number of carbonyl (C=O) groups is 1. The SMILES string of the molecule is Cc1nc(CNc2nc(C(C)(C)C(=O)O)cs2)no1. The number of hydrogen-bond acceptors (Lipinski definition) is 7. The topological polar surface area (TPSA) is 101 Å². The van der Waals surface area contributed by atoms with Crippen LogP contribution in [0.1, 0.15) is 31.3 Å². The molecule has 19 heavy (non-hydrogen) atoms. The van der Waals surface area contributed by atoms with E-state index in [9.17, 15) is 4.79 Å². The van der Waals surface area contributed by atoms with E-state index in [1.807, 2.05) is 0 Å². The van der Waals surface area contributed by atoms with Gasteiger partial charge in [0.05, 0.1) is 12.2 Å². The smallest absolute Gasteiger partial charge is 0.315 e. The number of carboxylic acids is 1. The number of anilines is 1. The van der Waals surface area contributed by atoms with Gasteiger partial charge in [0.15, 0.2) is 11.0 Å². The van der Waals surface area contributed by atoms with E-state index in [1.165, 1.54) is 11.3 Å². The van der Waals surface area contributed by atoms with Crippen molar-refractivity contribution in [3.63, 3.8) is 0 Å². The zero-order chi connectivity index (χ0) is 14.0. The largest absolute Gasteiger partial charge is 0.481 e. The Bertz CT molecular complexity index is 590. The Kier molecular flexibility index (Phi) is 3.52. The molecule has 0 fully saturated rings. The van der Waals surface area contributed by atoms with Crippen LogP contribution in [0.3, 0.4) is 0 Å². The minimum atomic E-state index is -1.00. The van der Waals surface area contributed by atoms with Crippen LogP contribution in [0.25, 0.3) is 0 Å². The molecule has 7 nitrogen and oxygen atoms in total. The summed E-state index contributed by atoms with van der Waals surface area (Å²) in [7, 11) is 0. The van der Waals surface area contributed by atoms with Crippen LogP contribution in [0, 0.1) is 6.92 Å². The van der Waals surface area contributed by atoms with E-state index in [0.29, 0.717) is 29.1 Å². The standard InChI is InChI=1S/C11H14N4O3S/c1-6-13-8(15-18-6)4-12-10-14-7(5-19-10)11(2,3)9(16)17/h5H,4H2,1-3H3,(H,12,14)(H,16,17). The van der Waals surface area contributed by atoms with Gasteiger partial charge < -0.3 is 14.9 Å². The number of aromatic nitrogens is 3. The van der Waals surface area contributed by atoms with Gasteiger partial charge >= 0.3 is 5.97 Å². The van der Waals surface area contributed by atoms with Gasteiger partial charge in [0, 0.05) is 12.3 Å². The Labute approximate surface area is 113 Å². The van der Waals surface area contributed by atoms with Crippen LogP contribution in [-0.2, 0) is 16.8 Å². The van der Waals surface area contributed by atoms with Crippen molar-refractivity contribution in [2.75, 3.05) is 5.32 Å². The average molecular weight is 282 g/mol. The molecule has 0 saturated carbocycles. The fourth-order valence-electron chi connectivity index (χ4n) is 1.32. The number of aliphatic carboxylic acids is 1. The van der Waals surface area contributed by atoms with E-state index < -0.39 is 11.4 Å². The number of thiazole rings is 1. The Morgan fingerprint density at radius 2 is 2.26 bits per heavy atom. The van der Waals surface area contributed by atoms with Crippen molar-refractivity contribution in [2.24, 2.45) is 0 Å². The highest BCUT2D eigenvalue weighted by Gasteiger charge is 2.32. The maximum absolute atomic E-state index is 11.1. The fourth-order valence-corrected chi connectivity index (χ4v) is 2.20. The van der Waals surface area contributed by atoms with E-state index in [4.69, 9.17) is 9.63 Å². The minimum absolute atomic E-state index is 0.387. The van der Waals surface area contributed by atoms with Gasteiger partial charge in [0.1, 0.15) is 5.41 Å². The molecule has 0 aromatic carbocycles. The van der Waals surface area contributed by atoms with Gasteiger partial charge in [0.25, 0.3) is 0 Å². The predicted molar refractivity (Wildman–Crippen MR) is 69.1 cm³/mol. The van der Waals surface area contributed by atoms with E-state index >= 15 is 0 Å². The van der Waals surface area contributed by atoms with E-state index in [1.54, 1.807) is 26.2 Å². The van der Waals surface area contributed by atoms with E-state index in [-0.39, 0.29) is 0 Å². The van der Waals surface area contributed by atoms with Crippen molar-refractivity contribution in [3.05, 3.63) is 22.8 Å². The minimum Gasteiger partial charge on any atom is -0.481 e. The summed E-state index contributed by atoms with van der Waals surface area (Å²) in [5, 5.41) is 18.3. The summed E-state index contributed by atoms with van der Waals surface area (Å²) in [5.41, 5.74) is -0.476. The molecule has 0 saturated heterocycles. The molecule has 0 spiro atoms. The van der Waals surface area contributed by atoms with Crippen molar-refractivity contribution in [1.82, 2.24) is 15.1 Å². The first-order valence-electron chi connectivity index (χ1n) is 5.62. The van der Waals surface area contributed by atoms with Gasteiger partial charge in [0.2, 0.25) is 5.89 Å². The first-order chi connectivity index (χ1) is 8.89. The molecule has 2 N–H and O–H groups in total. The summed E-state index contributed by atoms with van der Waals surface area (Å²) in [4.78, 5) is 19.4. The summed E-state index contributed by atoms with van der Waals surface area (Å²) in [6.07, 6.45) is 0. The molecule has 0 unspecified atom stereocenters. The molecule has 0 bridgehead atoms. The van der Waals surface area contributed by atoms with E-state index in [2.05, 4.69) is 20.4 Å². The summed E-state index contributed by atoms with van der Waals surface area (Å²) in [6.45, 7) is 5.35. The maximum atomic E-state index is 11.1. The normalized spacial score (nSPS) is 11.5. The second-order valence-electron chi connectivity index (χ2n) is 4.55. The lowest BCUT2D eigenvalue weighted by Gasteiger charge is -2.15. The van der Waals surface area contributed by atoms with Crippen LogP contribution < -0.4 is 5.32 Å². The van der Waals surface area contributed by atoms with Crippen LogP contribution in [0.5, 0.6) is 0 Å². The van der Waals surface area contributed by atoms with Crippen molar-refractivity contribution in [2.45, 2.75) is 32.7 Å². The highest BCUT2D eigenvalue weighted by atomic mass is 32.1. The summed E-state index contributed by atoms with van der Waals surface area (Å²) in [5.74, 6) is 0.133. The third-order valence-electron chi connectivity index (χ3n) is 2.65. The van der Waals surface area contributed by atoms with Gasteiger partial charge in [-0.3, -0.25) is 4.79 Å². The summed E-state index contributed by atoms with van der Waals surface area (Å²) < 4.78 is 4.85. The van der Waals surface area contributed by atoms with Gasteiger partial charge in [-0.1, -0.05) is 5.16 Å². The molecule has 2 aromatic rings. The molecule has 0 aliphatic heterocycles. The Morgan fingerprint density at radius 1 is 1.53 bits per heavy atom. The van der Waals surface area contributed by atoms with Crippen molar-refractivity contribution >= 4 is 22.4 Å². The molecule has 0 amide bonds. The van der Waals surface area contributed by atoms with Crippen molar-refractivity contribution in [3.8, 4) is 0 Å². The highest BCUT2D eigenvalue weighted by molar-refractivity contribution is 7.13. The first kappa shape index (κ1) is 13.5. The molecule has 0 aliphatic carbocycles. The zero-order valence-corrected chi connectivity index (χ0v) is 11.6. The first-order valence-corrected chi connectivity index (χ1v) is 6.50. The molecule has 2 rings (SSSR count). The van der Waals surface area contributed by atoms with Crippen LogP contribution in [0.4, 0.5) is 5.13 Å². The zero-order valence-electron chi connectivity index (χ0n) is 10.8. The molecule has 8 heteroatoms. The number of nitrogens with one attached hydrogen (secondary N) is 1. The quantitative estimate of drug-likeness (QED) is 0.862. The molecule has 0 atom stereocenters. The molecule has 0 radical (unpaired) electrons. The average Bonchev–Trinajstić information content (AvgIpc) is 2.95. The highest BCUT2D eigenvalue weighted by Crippen LogP contribution is 2.27. The molecular weight excluding hydrogens is 268 g/mol. The van der Waals surface area contributed by atoms with Crippen molar-refractivity contribution < 1.29 is 14.4 Å². The predicted octanol–water partition coefficient (Wildman–Crippen LogP) is 1.81. The lowest BCUT2D eigenvalue weighted by molar-refractivity contribution is -0.142. The second kappa shape index (κ2) is 4.96.